The van der Waals surface area contributed by atoms with Gasteiger partial charge in [0.2, 0.25) is 0 Å². The minimum atomic E-state index is -0.139. The molecule has 0 unspecified atom stereocenters. The normalized spacial score (nSPS) is 10.3. The van der Waals surface area contributed by atoms with Gasteiger partial charge in [-0.15, -0.1) is 0 Å². The summed E-state index contributed by atoms with van der Waals surface area (Å²) in [6.07, 6.45) is 5.12. The quantitative estimate of drug-likeness (QED) is 0.798. The highest BCUT2D eigenvalue weighted by Gasteiger charge is 2.10. The molecule has 0 saturated carbocycles. The molecule has 0 atom stereocenters. The second-order valence-corrected chi connectivity index (χ2v) is 6.19. The number of nitrogens with one attached hydrogen (secondary N) is 1. The van der Waals surface area contributed by atoms with Crippen molar-refractivity contribution in [3.63, 3.8) is 0 Å². The van der Waals surface area contributed by atoms with Gasteiger partial charge in [-0.05, 0) is 36.4 Å². The van der Waals surface area contributed by atoms with Crippen LogP contribution in [0.5, 0.6) is 0 Å². The first-order valence-electron chi connectivity index (χ1n) is 7.08. The zero-order chi connectivity index (χ0) is 16.2. The standard InChI is InChI=1S/C17H16N4OS/c1-21(2)14-5-3-12(4-6-14)16(22)20-15-11-19-17(23-15)13-7-9-18-10-8-13/h3-11H,1-2H3,(H,20,22). The minimum Gasteiger partial charge on any atom is -0.378 e. The van der Waals surface area contributed by atoms with Crippen LogP contribution in [0.3, 0.4) is 0 Å². The Kier molecular flexibility index (Phi) is 4.34. The average molecular weight is 324 g/mol. The summed E-state index contributed by atoms with van der Waals surface area (Å²) in [5.41, 5.74) is 2.66. The molecule has 1 amide bonds. The molecular formula is C17H16N4OS. The van der Waals surface area contributed by atoms with E-state index in [4.69, 9.17) is 0 Å². The number of pyridine rings is 1. The zero-order valence-electron chi connectivity index (χ0n) is 12.9. The van der Waals surface area contributed by atoms with Gasteiger partial charge < -0.3 is 10.2 Å². The fourth-order valence-corrected chi connectivity index (χ4v) is 2.87. The summed E-state index contributed by atoms with van der Waals surface area (Å²) in [5, 5.41) is 4.46. The molecule has 0 aliphatic rings. The van der Waals surface area contributed by atoms with E-state index in [1.54, 1.807) is 18.6 Å². The summed E-state index contributed by atoms with van der Waals surface area (Å²) in [7, 11) is 3.93. The Morgan fingerprint density at radius 3 is 2.43 bits per heavy atom. The topological polar surface area (TPSA) is 58.1 Å². The maximum Gasteiger partial charge on any atom is 0.256 e. The van der Waals surface area contributed by atoms with Crippen LogP contribution in [-0.2, 0) is 0 Å². The Labute approximate surface area is 138 Å². The molecule has 0 bridgehead atoms. The SMILES string of the molecule is CN(C)c1ccc(C(=O)Nc2cnc(-c3ccncc3)s2)cc1. The van der Waals surface area contributed by atoms with Gasteiger partial charge in [0.25, 0.3) is 5.91 Å². The predicted molar refractivity (Wildman–Crippen MR) is 94.1 cm³/mol. The van der Waals surface area contributed by atoms with Crippen molar-refractivity contribution in [2.45, 2.75) is 0 Å². The first-order valence-corrected chi connectivity index (χ1v) is 7.90. The number of hydrogen-bond donors (Lipinski definition) is 1. The van der Waals surface area contributed by atoms with E-state index in [9.17, 15) is 4.79 Å². The molecule has 116 valence electrons. The van der Waals surface area contributed by atoms with Crippen molar-refractivity contribution >= 4 is 27.9 Å². The van der Waals surface area contributed by atoms with Crippen LogP contribution < -0.4 is 10.2 Å². The highest BCUT2D eigenvalue weighted by molar-refractivity contribution is 7.19. The molecule has 3 aromatic rings. The Hall–Kier alpha value is -2.73. The second-order valence-electron chi connectivity index (χ2n) is 5.16. The molecule has 0 aliphatic heterocycles. The van der Waals surface area contributed by atoms with E-state index in [1.165, 1.54) is 11.3 Å². The van der Waals surface area contributed by atoms with Gasteiger partial charge in [-0.25, -0.2) is 4.98 Å². The lowest BCUT2D eigenvalue weighted by molar-refractivity contribution is 0.102. The third-order valence-corrected chi connectivity index (χ3v) is 4.28. The molecule has 23 heavy (non-hydrogen) atoms. The van der Waals surface area contributed by atoms with Crippen LogP contribution in [0.1, 0.15) is 10.4 Å². The van der Waals surface area contributed by atoms with Gasteiger partial charge in [-0.1, -0.05) is 11.3 Å². The predicted octanol–water partition coefficient (Wildman–Crippen LogP) is 3.52. The van der Waals surface area contributed by atoms with Gasteiger partial charge in [0.15, 0.2) is 0 Å². The number of nitrogens with zero attached hydrogens (tertiary/aromatic N) is 3. The molecule has 6 heteroatoms. The molecule has 1 aromatic carbocycles. The molecule has 1 N–H and O–H groups in total. The van der Waals surface area contributed by atoms with E-state index in [-0.39, 0.29) is 5.91 Å². The molecule has 0 aliphatic carbocycles. The summed E-state index contributed by atoms with van der Waals surface area (Å²) in [6.45, 7) is 0. The average Bonchev–Trinajstić information content (AvgIpc) is 3.04. The third kappa shape index (κ3) is 3.54. The van der Waals surface area contributed by atoms with Crippen molar-refractivity contribution in [2.75, 3.05) is 24.3 Å². The van der Waals surface area contributed by atoms with Gasteiger partial charge in [-0.3, -0.25) is 9.78 Å². The number of anilines is 2. The Balaban J connectivity index is 1.72. The summed E-state index contributed by atoms with van der Waals surface area (Å²) in [4.78, 5) is 22.6. The molecule has 5 nitrogen and oxygen atoms in total. The van der Waals surface area contributed by atoms with E-state index < -0.39 is 0 Å². The Morgan fingerprint density at radius 2 is 1.78 bits per heavy atom. The maximum absolute atomic E-state index is 12.3. The first-order chi connectivity index (χ1) is 11.1. The Morgan fingerprint density at radius 1 is 1.09 bits per heavy atom. The zero-order valence-corrected chi connectivity index (χ0v) is 13.7. The largest absolute Gasteiger partial charge is 0.378 e. The second kappa shape index (κ2) is 6.58. The number of thiazole rings is 1. The van der Waals surface area contributed by atoms with E-state index in [0.29, 0.717) is 5.56 Å². The maximum atomic E-state index is 12.3. The van der Waals surface area contributed by atoms with Crippen LogP contribution in [0.25, 0.3) is 10.6 Å². The molecule has 2 heterocycles. The van der Waals surface area contributed by atoms with Crippen LogP contribution >= 0.6 is 11.3 Å². The Bertz CT molecular complexity index is 797. The first kappa shape index (κ1) is 15.2. The summed E-state index contributed by atoms with van der Waals surface area (Å²) in [5.74, 6) is -0.139. The number of amides is 1. The van der Waals surface area contributed by atoms with Crippen molar-refractivity contribution in [2.24, 2.45) is 0 Å². The van der Waals surface area contributed by atoms with Gasteiger partial charge >= 0.3 is 0 Å². The molecule has 0 saturated heterocycles. The fourth-order valence-electron chi connectivity index (χ4n) is 2.05. The van der Waals surface area contributed by atoms with Crippen LogP contribution in [0.2, 0.25) is 0 Å². The number of carbonyl (C=O) groups is 1. The number of benzene rings is 1. The number of carbonyl (C=O) groups excluding carboxylic acids is 1. The number of rotatable bonds is 4. The summed E-state index contributed by atoms with van der Waals surface area (Å²) < 4.78 is 0. The van der Waals surface area contributed by atoms with Gasteiger partial charge in [0.05, 0.1) is 6.20 Å². The minimum absolute atomic E-state index is 0.139. The lowest BCUT2D eigenvalue weighted by Crippen LogP contribution is -2.12. The molecule has 2 aromatic heterocycles. The van der Waals surface area contributed by atoms with Gasteiger partial charge in [0.1, 0.15) is 10.0 Å². The number of hydrogen-bond acceptors (Lipinski definition) is 5. The van der Waals surface area contributed by atoms with Crippen molar-refractivity contribution in [3.05, 3.63) is 60.6 Å². The van der Waals surface area contributed by atoms with Crippen molar-refractivity contribution in [1.29, 1.82) is 0 Å². The molecule has 0 radical (unpaired) electrons. The monoisotopic (exact) mass is 324 g/mol. The van der Waals surface area contributed by atoms with Crippen LogP contribution in [-0.4, -0.2) is 30.0 Å². The van der Waals surface area contributed by atoms with Crippen LogP contribution in [0.4, 0.5) is 10.7 Å². The molecule has 0 spiro atoms. The molecule has 0 fully saturated rings. The lowest BCUT2D eigenvalue weighted by Gasteiger charge is -2.12. The van der Waals surface area contributed by atoms with E-state index in [0.717, 1.165) is 21.3 Å². The fraction of sp³-hybridized carbons (Fsp3) is 0.118. The van der Waals surface area contributed by atoms with Gasteiger partial charge in [-0.2, -0.15) is 0 Å². The van der Waals surface area contributed by atoms with Gasteiger partial charge in [0, 0.05) is 43.3 Å². The van der Waals surface area contributed by atoms with Crippen LogP contribution in [0.15, 0.2) is 55.0 Å². The highest BCUT2D eigenvalue weighted by Crippen LogP contribution is 2.28. The van der Waals surface area contributed by atoms with E-state index in [1.807, 2.05) is 55.4 Å². The van der Waals surface area contributed by atoms with E-state index >= 15 is 0 Å². The van der Waals surface area contributed by atoms with E-state index in [2.05, 4.69) is 15.3 Å². The van der Waals surface area contributed by atoms with Crippen molar-refractivity contribution in [1.82, 2.24) is 9.97 Å². The third-order valence-electron chi connectivity index (χ3n) is 3.32. The van der Waals surface area contributed by atoms with Crippen LogP contribution in [0, 0.1) is 0 Å². The highest BCUT2D eigenvalue weighted by atomic mass is 32.1. The van der Waals surface area contributed by atoms with Crippen molar-refractivity contribution < 1.29 is 4.79 Å². The summed E-state index contributed by atoms with van der Waals surface area (Å²) in [6, 6.07) is 11.3. The molecular weight excluding hydrogens is 308 g/mol. The lowest BCUT2D eigenvalue weighted by atomic mass is 10.2. The van der Waals surface area contributed by atoms with Crippen molar-refractivity contribution in [3.8, 4) is 10.6 Å². The summed E-state index contributed by atoms with van der Waals surface area (Å²) >= 11 is 1.44. The number of aromatic nitrogens is 2. The smallest absolute Gasteiger partial charge is 0.256 e. The molecule has 3 rings (SSSR count).